The van der Waals surface area contributed by atoms with E-state index < -0.39 is 12.6 Å². The van der Waals surface area contributed by atoms with E-state index in [1.54, 1.807) is 24.3 Å². The number of hydrogen-bond donors (Lipinski definition) is 4. The van der Waals surface area contributed by atoms with Crippen molar-refractivity contribution < 1.29 is 32.5 Å². The van der Waals surface area contributed by atoms with Crippen molar-refractivity contribution in [2.24, 2.45) is 5.41 Å². The van der Waals surface area contributed by atoms with E-state index in [2.05, 4.69) is 32.7 Å². The van der Waals surface area contributed by atoms with Crippen LogP contribution in [-0.2, 0) is 11.2 Å². The molecule has 3 aliphatic rings. The summed E-state index contributed by atoms with van der Waals surface area (Å²) in [6, 6.07) is 11.2. The molecule has 2 saturated heterocycles. The fraction of sp³-hybridized carbons (Fsp3) is 0.500. The standard InChI is InChI=1S/C34H39F3N4O4S/c1-38-32(43)22-7-12-27(29(16-22)45-15-14-42)39-13-3-6-30-26(17-34(35,36)37)25-4-2-5-28(31(25)46-30)40-23-8-10-24(11-9-23)41-18-33(19-41)20-44-21-33/h2,4-5,7,12,16,23-24,39-40,42H,8-11,13-15,17-21H2,1H3,(H,38,43). The van der Waals surface area contributed by atoms with Gasteiger partial charge >= 0.3 is 6.18 Å². The zero-order valence-corrected chi connectivity index (χ0v) is 26.6. The highest BCUT2D eigenvalue weighted by atomic mass is 32.1. The number of nitrogens with one attached hydrogen (secondary N) is 3. The van der Waals surface area contributed by atoms with Crippen LogP contribution in [-0.4, -0.2) is 87.3 Å². The molecule has 2 aromatic carbocycles. The van der Waals surface area contributed by atoms with E-state index in [9.17, 15) is 23.1 Å². The van der Waals surface area contributed by atoms with E-state index in [0.29, 0.717) is 38.7 Å². The van der Waals surface area contributed by atoms with Crippen LogP contribution in [0.3, 0.4) is 0 Å². The Hall–Kier alpha value is -3.50. The van der Waals surface area contributed by atoms with Crippen molar-refractivity contribution in [3.05, 3.63) is 52.4 Å². The van der Waals surface area contributed by atoms with Gasteiger partial charge in [0.05, 0.1) is 53.7 Å². The predicted octanol–water partition coefficient (Wildman–Crippen LogP) is 5.26. The Labute approximate surface area is 270 Å². The number of amides is 1. The summed E-state index contributed by atoms with van der Waals surface area (Å²) in [5, 5.41) is 19.1. The van der Waals surface area contributed by atoms with Crippen LogP contribution in [0, 0.1) is 17.3 Å². The molecule has 6 rings (SSSR count). The molecule has 3 heterocycles. The summed E-state index contributed by atoms with van der Waals surface area (Å²) >= 11 is 1.29. The monoisotopic (exact) mass is 656 g/mol. The average molecular weight is 657 g/mol. The topological polar surface area (TPSA) is 95.1 Å². The smallest absolute Gasteiger partial charge is 0.393 e. The van der Waals surface area contributed by atoms with Crippen molar-refractivity contribution in [3.8, 4) is 17.6 Å². The number of rotatable bonds is 10. The number of nitrogens with zero attached hydrogens (tertiary/aromatic N) is 1. The minimum atomic E-state index is -4.38. The first kappa shape index (κ1) is 32.4. The van der Waals surface area contributed by atoms with Crippen LogP contribution in [0.1, 0.15) is 46.5 Å². The van der Waals surface area contributed by atoms with Crippen molar-refractivity contribution in [1.82, 2.24) is 10.2 Å². The molecule has 46 heavy (non-hydrogen) atoms. The fourth-order valence-electron chi connectivity index (χ4n) is 6.71. The van der Waals surface area contributed by atoms with Gasteiger partial charge in [-0.05, 0) is 60.9 Å². The molecule has 1 spiro atoms. The van der Waals surface area contributed by atoms with Crippen LogP contribution in [0.25, 0.3) is 10.1 Å². The Morgan fingerprint density at radius 2 is 1.93 bits per heavy atom. The molecular weight excluding hydrogens is 617 g/mol. The zero-order valence-electron chi connectivity index (χ0n) is 25.8. The third-order valence-electron chi connectivity index (χ3n) is 9.05. The molecule has 1 aromatic heterocycles. The number of benzene rings is 2. The molecule has 12 heteroatoms. The number of carbonyl (C=O) groups is 1. The second kappa shape index (κ2) is 13.7. The molecule has 0 bridgehead atoms. The predicted molar refractivity (Wildman–Crippen MR) is 174 cm³/mol. The van der Waals surface area contributed by atoms with Gasteiger partial charge in [0, 0.05) is 43.2 Å². The van der Waals surface area contributed by atoms with Crippen molar-refractivity contribution in [2.45, 2.75) is 50.4 Å². The van der Waals surface area contributed by atoms with Crippen LogP contribution in [0.15, 0.2) is 36.4 Å². The molecule has 2 aliphatic heterocycles. The van der Waals surface area contributed by atoms with E-state index in [1.807, 2.05) is 12.1 Å². The first-order valence-corrected chi connectivity index (χ1v) is 16.5. The van der Waals surface area contributed by atoms with Crippen LogP contribution in [0.4, 0.5) is 24.5 Å². The average Bonchev–Trinajstić information content (AvgIpc) is 3.34. The highest BCUT2D eigenvalue weighted by molar-refractivity contribution is 7.20. The molecule has 1 saturated carbocycles. The van der Waals surface area contributed by atoms with E-state index in [-0.39, 0.29) is 37.3 Å². The molecule has 3 fully saturated rings. The van der Waals surface area contributed by atoms with Gasteiger partial charge in [0.15, 0.2) is 0 Å². The zero-order chi connectivity index (χ0) is 32.3. The van der Waals surface area contributed by atoms with Gasteiger partial charge in [-0.25, -0.2) is 0 Å². The number of halogens is 3. The second-order valence-corrected chi connectivity index (χ2v) is 13.5. The van der Waals surface area contributed by atoms with Crippen molar-refractivity contribution in [2.75, 3.05) is 63.7 Å². The number of aliphatic hydroxyl groups excluding tert-OH is 1. The Morgan fingerprint density at radius 1 is 1.15 bits per heavy atom. The van der Waals surface area contributed by atoms with Gasteiger partial charge in [-0.3, -0.25) is 9.69 Å². The lowest BCUT2D eigenvalue weighted by Gasteiger charge is -2.58. The maximum Gasteiger partial charge on any atom is 0.393 e. The van der Waals surface area contributed by atoms with Gasteiger partial charge in [0.2, 0.25) is 0 Å². The number of alkyl halides is 3. The Bertz CT molecular complexity index is 1610. The number of carbonyl (C=O) groups excluding carboxylic acids is 1. The van der Waals surface area contributed by atoms with E-state index in [4.69, 9.17) is 9.47 Å². The number of hydrogen-bond acceptors (Lipinski definition) is 8. The molecule has 0 radical (unpaired) electrons. The van der Waals surface area contributed by atoms with Gasteiger partial charge in [-0.1, -0.05) is 24.0 Å². The third-order valence-corrected chi connectivity index (χ3v) is 10.2. The van der Waals surface area contributed by atoms with Crippen LogP contribution in [0.2, 0.25) is 0 Å². The second-order valence-electron chi connectivity index (χ2n) is 12.4. The minimum absolute atomic E-state index is 0.0346. The van der Waals surface area contributed by atoms with E-state index in [1.165, 1.54) is 18.4 Å². The normalized spacial score (nSPS) is 20.7. The van der Waals surface area contributed by atoms with Gasteiger partial charge in [-0.15, -0.1) is 11.3 Å². The lowest BCUT2D eigenvalue weighted by molar-refractivity contribution is -0.200. The third kappa shape index (κ3) is 7.23. The minimum Gasteiger partial charge on any atom is -0.489 e. The van der Waals surface area contributed by atoms with E-state index in [0.717, 1.165) is 62.4 Å². The van der Waals surface area contributed by atoms with Gasteiger partial charge in [-0.2, -0.15) is 13.2 Å². The molecule has 0 unspecified atom stereocenters. The molecular formula is C34H39F3N4O4S. The quantitative estimate of drug-likeness (QED) is 0.222. The number of likely N-dealkylation sites (tertiary alicyclic amines) is 1. The Kier molecular flexibility index (Phi) is 9.66. The summed E-state index contributed by atoms with van der Waals surface area (Å²) in [5.74, 6) is 6.05. The highest BCUT2D eigenvalue weighted by Gasteiger charge is 2.50. The van der Waals surface area contributed by atoms with E-state index >= 15 is 0 Å². The van der Waals surface area contributed by atoms with Crippen molar-refractivity contribution in [1.29, 1.82) is 0 Å². The molecule has 8 nitrogen and oxygen atoms in total. The number of anilines is 2. The molecule has 1 amide bonds. The summed E-state index contributed by atoms with van der Waals surface area (Å²) in [6.07, 6.45) is -1.17. The maximum absolute atomic E-state index is 13.7. The number of ether oxygens (including phenoxy) is 2. The molecule has 0 atom stereocenters. The number of aliphatic hydroxyl groups is 1. The van der Waals surface area contributed by atoms with Gasteiger partial charge in [0.25, 0.3) is 5.91 Å². The fourth-order valence-corrected chi connectivity index (χ4v) is 7.88. The number of fused-ring (bicyclic) bond motifs is 1. The molecule has 3 aromatic rings. The van der Waals surface area contributed by atoms with Crippen LogP contribution < -0.4 is 20.7 Å². The molecule has 1 aliphatic carbocycles. The Balaban J connectivity index is 1.15. The summed E-state index contributed by atoms with van der Waals surface area (Å²) in [5.41, 5.74) is 2.40. The SMILES string of the molecule is CNC(=O)c1ccc(NCC#Cc2sc3c(NC4CCC(N5CC6(COC6)C5)CC4)cccc3c2CC(F)(F)F)c(OCCO)c1. The lowest BCUT2D eigenvalue weighted by Crippen LogP contribution is -2.68. The van der Waals surface area contributed by atoms with Crippen molar-refractivity contribution >= 4 is 38.7 Å². The molecule has 246 valence electrons. The first-order chi connectivity index (χ1) is 22.2. The maximum atomic E-state index is 13.7. The first-order valence-electron chi connectivity index (χ1n) is 15.7. The summed E-state index contributed by atoms with van der Waals surface area (Å²) < 4.78 is 53.0. The summed E-state index contributed by atoms with van der Waals surface area (Å²) in [4.78, 5) is 15.0. The van der Waals surface area contributed by atoms with Gasteiger partial charge < -0.3 is 30.5 Å². The largest absolute Gasteiger partial charge is 0.489 e. The number of thiophene rings is 1. The van der Waals surface area contributed by atoms with Gasteiger partial charge in [0.1, 0.15) is 12.4 Å². The summed E-state index contributed by atoms with van der Waals surface area (Å²) in [7, 11) is 1.53. The summed E-state index contributed by atoms with van der Waals surface area (Å²) in [6.45, 7) is 4.01. The van der Waals surface area contributed by atoms with Crippen LogP contribution in [0.5, 0.6) is 5.75 Å². The molecule has 4 N–H and O–H groups in total. The van der Waals surface area contributed by atoms with Crippen molar-refractivity contribution in [3.63, 3.8) is 0 Å². The Morgan fingerprint density at radius 3 is 2.61 bits per heavy atom. The van der Waals surface area contributed by atoms with Crippen LogP contribution >= 0.6 is 11.3 Å². The lowest BCUT2D eigenvalue weighted by atomic mass is 9.75. The highest BCUT2D eigenvalue weighted by Crippen LogP contribution is 2.42.